The van der Waals surface area contributed by atoms with Gasteiger partial charge in [0.15, 0.2) is 17.3 Å². The van der Waals surface area contributed by atoms with Crippen LogP contribution < -0.4 is 14.2 Å². The van der Waals surface area contributed by atoms with Crippen molar-refractivity contribution in [1.82, 2.24) is 9.78 Å². The fraction of sp³-hybridized carbons (Fsp3) is 0.250. The predicted octanol–water partition coefficient (Wildman–Crippen LogP) is 2.34. The molecule has 0 saturated heterocycles. The van der Waals surface area contributed by atoms with Crippen molar-refractivity contribution in [3.05, 3.63) is 41.7 Å². The first-order chi connectivity index (χ1) is 10.6. The van der Waals surface area contributed by atoms with Gasteiger partial charge in [-0.1, -0.05) is 0 Å². The number of methoxy groups -OCH3 is 3. The van der Waals surface area contributed by atoms with Gasteiger partial charge in [0, 0.05) is 24.9 Å². The predicted molar refractivity (Wildman–Crippen MR) is 82.7 cm³/mol. The van der Waals surface area contributed by atoms with Crippen molar-refractivity contribution in [2.24, 2.45) is 7.05 Å². The van der Waals surface area contributed by atoms with E-state index in [1.807, 2.05) is 0 Å². The number of allylic oxidation sites excluding steroid dienone is 1. The van der Waals surface area contributed by atoms with Gasteiger partial charge in [0.05, 0.1) is 33.1 Å². The highest BCUT2D eigenvalue weighted by Gasteiger charge is 2.11. The molecule has 0 N–H and O–H groups in total. The van der Waals surface area contributed by atoms with Crippen LogP contribution in [0, 0.1) is 0 Å². The first kappa shape index (κ1) is 15.6. The Morgan fingerprint density at radius 1 is 1.09 bits per heavy atom. The van der Waals surface area contributed by atoms with Gasteiger partial charge in [0.25, 0.3) is 0 Å². The van der Waals surface area contributed by atoms with Gasteiger partial charge >= 0.3 is 0 Å². The van der Waals surface area contributed by atoms with E-state index in [1.54, 1.807) is 57.5 Å². The molecule has 6 heteroatoms. The molecule has 0 fully saturated rings. The lowest BCUT2D eigenvalue weighted by molar-refractivity contribution is 0.104. The SMILES string of the molecule is COc1cc(OC)c(OC)cc1/C=C/C(=O)c1cnn(C)c1. The normalized spacial score (nSPS) is 10.7. The minimum atomic E-state index is -0.134. The number of benzene rings is 1. The standard InChI is InChI=1S/C16H18N2O4/c1-18-10-12(9-17-18)13(19)6-5-11-7-15(21-3)16(22-4)8-14(11)20-2/h5-10H,1-4H3/b6-5+. The number of aromatic nitrogens is 2. The van der Waals surface area contributed by atoms with Crippen LogP contribution in [0.15, 0.2) is 30.6 Å². The molecule has 0 bridgehead atoms. The smallest absolute Gasteiger partial charge is 0.189 e. The number of ketones is 1. The van der Waals surface area contributed by atoms with Crippen LogP contribution in [0.25, 0.3) is 6.08 Å². The lowest BCUT2D eigenvalue weighted by atomic mass is 10.1. The van der Waals surface area contributed by atoms with Gasteiger partial charge in [-0.3, -0.25) is 9.48 Å². The minimum absolute atomic E-state index is 0.134. The summed E-state index contributed by atoms with van der Waals surface area (Å²) in [4.78, 5) is 12.1. The Bertz CT molecular complexity index is 704. The average Bonchev–Trinajstić information content (AvgIpc) is 2.98. The fourth-order valence-corrected chi connectivity index (χ4v) is 1.99. The summed E-state index contributed by atoms with van der Waals surface area (Å²) in [5.41, 5.74) is 1.25. The van der Waals surface area contributed by atoms with E-state index in [2.05, 4.69) is 5.10 Å². The van der Waals surface area contributed by atoms with Crippen LogP contribution in [0.4, 0.5) is 0 Å². The Kier molecular flexibility index (Phi) is 4.83. The third kappa shape index (κ3) is 3.28. The van der Waals surface area contributed by atoms with Crippen LogP contribution in [0.5, 0.6) is 17.2 Å². The molecule has 1 aromatic heterocycles. The second-order valence-corrected chi connectivity index (χ2v) is 4.55. The van der Waals surface area contributed by atoms with Gasteiger partial charge < -0.3 is 14.2 Å². The molecule has 0 amide bonds. The highest BCUT2D eigenvalue weighted by Crippen LogP contribution is 2.35. The number of carbonyl (C=O) groups is 1. The maximum atomic E-state index is 12.1. The molecule has 0 radical (unpaired) electrons. The zero-order valence-corrected chi connectivity index (χ0v) is 13.0. The summed E-state index contributed by atoms with van der Waals surface area (Å²) < 4.78 is 17.4. The van der Waals surface area contributed by atoms with Crippen LogP contribution in [-0.2, 0) is 7.05 Å². The minimum Gasteiger partial charge on any atom is -0.496 e. The van der Waals surface area contributed by atoms with E-state index in [0.717, 1.165) is 5.56 Å². The van der Waals surface area contributed by atoms with Gasteiger partial charge in [-0.05, 0) is 18.2 Å². The van der Waals surface area contributed by atoms with E-state index < -0.39 is 0 Å². The number of ether oxygens (including phenoxy) is 3. The van der Waals surface area contributed by atoms with E-state index in [0.29, 0.717) is 22.8 Å². The lowest BCUT2D eigenvalue weighted by Gasteiger charge is -2.12. The molecule has 0 spiro atoms. The molecule has 0 unspecified atom stereocenters. The number of rotatable bonds is 6. The summed E-state index contributed by atoms with van der Waals surface area (Å²) in [6.45, 7) is 0. The highest BCUT2D eigenvalue weighted by atomic mass is 16.5. The van der Waals surface area contributed by atoms with E-state index in [1.165, 1.54) is 12.3 Å². The molecule has 0 aliphatic heterocycles. The van der Waals surface area contributed by atoms with Crippen molar-refractivity contribution in [3.8, 4) is 17.2 Å². The van der Waals surface area contributed by atoms with Crippen molar-refractivity contribution in [1.29, 1.82) is 0 Å². The van der Waals surface area contributed by atoms with E-state index in [9.17, 15) is 4.79 Å². The molecule has 2 rings (SSSR count). The Hall–Kier alpha value is -2.76. The number of nitrogens with zero attached hydrogens (tertiary/aromatic N) is 2. The van der Waals surface area contributed by atoms with E-state index in [-0.39, 0.29) is 5.78 Å². The maximum Gasteiger partial charge on any atom is 0.189 e. The summed E-state index contributed by atoms with van der Waals surface area (Å²) in [5, 5.41) is 3.98. The monoisotopic (exact) mass is 302 g/mol. The largest absolute Gasteiger partial charge is 0.496 e. The number of hydrogen-bond acceptors (Lipinski definition) is 5. The van der Waals surface area contributed by atoms with Crippen molar-refractivity contribution >= 4 is 11.9 Å². The molecular weight excluding hydrogens is 284 g/mol. The van der Waals surface area contributed by atoms with Crippen molar-refractivity contribution in [2.75, 3.05) is 21.3 Å². The summed E-state index contributed by atoms with van der Waals surface area (Å²) >= 11 is 0. The second kappa shape index (κ2) is 6.80. The Labute approximate surface area is 128 Å². The lowest BCUT2D eigenvalue weighted by Crippen LogP contribution is -1.95. The average molecular weight is 302 g/mol. The molecule has 2 aromatic rings. The van der Waals surface area contributed by atoms with Crippen LogP contribution in [0.3, 0.4) is 0 Å². The number of aryl methyl sites for hydroxylation is 1. The van der Waals surface area contributed by atoms with Gasteiger partial charge in [0.2, 0.25) is 0 Å². The van der Waals surface area contributed by atoms with Crippen molar-refractivity contribution in [3.63, 3.8) is 0 Å². The molecule has 1 heterocycles. The molecule has 1 aromatic carbocycles. The van der Waals surface area contributed by atoms with Crippen LogP contribution in [-0.4, -0.2) is 36.9 Å². The Morgan fingerprint density at radius 3 is 2.27 bits per heavy atom. The quantitative estimate of drug-likeness (QED) is 0.605. The molecule has 0 atom stereocenters. The first-order valence-corrected chi connectivity index (χ1v) is 6.60. The van der Waals surface area contributed by atoms with Gasteiger partial charge in [-0.2, -0.15) is 5.10 Å². The summed E-state index contributed by atoms with van der Waals surface area (Å²) in [7, 11) is 6.43. The van der Waals surface area contributed by atoms with E-state index in [4.69, 9.17) is 14.2 Å². The maximum absolute atomic E-state index is 12.1. The topological polar surface area (TPSA) is 62.6 Å². The molecule has 0 aliphatic rings. The molecule has 0 aliphatic carbocycles. The number of carbonyl (C=O) groups excluding carboxylic acids is 1. The van der Waals surface area contributed by atoms with Gasteiger partial charge in [0.1, 0.15) is 5.75 Å². The van der Waals surface area contributed by atoms with Gasteiger partial charge in [-0.15, -0.1) is 0 Å². The van der Waals surface area contributed by atoms with Gasteiger partial charge in [-0.25, -0.2) is 0 Å². The third-order valence-corrected chi connectivity index (χ3v) is 3.14. The Balaban J connectivity index is 2.31. The zero-order valence-electron chi connectivity index (χ0n) is 13.0. The molecule has 116 valence electrons. The highest BCUT2D eigenvalue weighted by molar-refractivity contribution is 6.06. The number of hydrogen-bond donors (Lipinski definition) is 0. The molecule has 0 saturated carbocycles. The van der Waals surface area contributed by atoms with Crippen LogP contribution in [0.1, 0.15) is 15.9 Å². The summed E-state index contributed by atoms with van der Waals surface area (Å²) in [5.74, 6) is 1.59. The molecule has 6 nitrogen and oxygen atoms in total. The van der Waals surface area contributed by atoms with E-state index >= 15 is 0 Å². The summed E-state index contributed by atoms with van der Waals surface area (Å²) in [6, 6.07) is 3.47. The van der Waals surface area contributed by atoms with Crippen LogP contribution in [0.2, 0.25) is 0 Å². The second-order valence-electron chi connectivity index (χ2n) is 4.55. The first-order valence-electron chi connectivity index (χ1n) is 6.60. The summed E-state index contributed by atoms with van der Waals surface area (Å²) in [6.07, 6.45) is 6.34. The Morgan fingerprint density at radius 2 is 1.73 bits per heavy atom. The van der Waals surface area contributed by atoms with Crippen molar-refractivity contribution in [2.45, 2.75) is 0 Å². The molecule has 22 heavy (non-hydrogen) atoms. The van der Waals surface area contributed by atoms with Crippen LogP contribution >= 0.6 is 0 Å². The molecular formula is C16H18N2O4. The van der Waals surface area contributed by atoms with Crippen molar-refractivity contribution < 1.29 is 19.0 Å². The zero-order chi connectivity index (χ0) is 16.1. The third-order valence-electron chi connectivity index (χ3n) is 3.14. The fourth-order valence-electron chi connectivity index (χ4n) is 1.99.